The minimum atomic E-state index is 0.432. The average molecular weight is 273 g/mol. The summed E-state index contributed by atoms with van der Waals surface area (Å²) in [6.45, 7) is 0.489. The SMILES string of the molecule is CN(Cc1nc(N)ccc1Cl)c1ccccc1C#N. The Morgan fingerprint density at radius 2 is 2.05 bits per heavy atom. The number of hydrogen-bond donors (Lipinski definition) is 1. The van der Waals surface area contributed by atoms with Gasteiger partial charge in [-0.3, -0.25) is 0 Å². The largest absolute Gasteiger partial charge is 0.384 e. The highest BCUT2D eigenvalue weighted by atomic mass is 35.5. The molecule has 1 heterocycles. The average Bonchev–Trinajstić information content (AvgIpc) is 2.42. The number of rotatable bonds is 3. The normalized spacial score (nSPS) is 9.95. The standard InChI is InChI=1S/C14H13ClN4/c1-19(13-5-3-2-4-10(13)8-16)9-12-11(15)6-7-14(17)18-12/h2-7H,9H2,1H3,(H2,17,18). The van der Waals surface area contributed by atoms with Crippen LogP contribution in [0, 0.1) is 11.3 Å². The van der Waals surface area contributed by atoms with Crippen molar-refractivity contribution in [3.63, 3.8) is 0 Å². The number of hydrogen-bond acceptors (Lipinski definition) is 4. The second kappa shape index (κ2) is 5.59. The van der Waals surface area contributed by atoms with Crippen LogP contribution in [-0.4, -0.2) is 12.0 Å². The Labute approximate surface area is 117 Å². The predicted molar refractivity (Wildman–Crippen MR) is 76.9 cm³/mol. The van der Waals surface area contributed by atoms with Gasteiger partial charge < -0.3 is 10.6 Å². The number of nitrogen functional groups attached to an aromatic ring is 1. The van der Waals surface area contributed by atoms with Crippen LogP contribution in [0.5, 0.6) is 0 Å². The van der Waals surface area contributed by atoms with Gasteiger partial charge in [0.2, 0.25) is 0 Å². The van der Waals surface area contributed by atoms with E-state index >= 15 is 0 Å². The van der Waals surface area contributed by atoms with Gasteiger partial charge in [-0.25, -0.2) is 4.98 Å². The molecule has 0 unspecified atom stereocenters. The Hall–Kier alpha value is -2.25. The summed E-state index contributed by atoms with van der Waals surface area (Å²) in [7, 11) is 1.89. The van der Waals surface area contributed by atoms with Gasteiger partial charge in [0.1, 0.15) is 11.9 Å². The summed E-state index contributed by atoms with van der Waals surface area (Å²) < 4.78 is 0. The number of benzene rings is 1. The predicted octanol–water partition coefficient (Wildman–Crippen LogP) is 2.83. The molecule has 2 aromatic rings. The van der Waals surface area contributed by atoms with Crippen LogP contribution in [0.25, 0.3) is 0 Å². The third-order valence-corrected chi connectivity index (χ3v) is 3.11. The lowest BCUT2D eigenvalue weighted by Gasteiger charge is -2.20. The second-order valence-corrected chi connectivity index (χ2v) is 4.56. The van der Waals surface area contributed by atoms with Gasteiger partial charge in [-0.2, -0.15) is 5.26 Å². The molecule has 0 fully saturated rings. The Morgan fingerprint density at radius 1 is 1.32 bits per heavy atom. The first-order valence-electron chi connectivity index (χ1n) is 5.73. The van der Waals surface area contributed by atoms with Gasteiger partial charge in [0, 0.05) is 7.05 Å². The molecule has 0 amide bonds. The number of aromatic nitrogens is 1. The Morgan fingerprint density at radius 3 is 2.79 bits per heavy atom. The molecule has 0 radical (unpaired) electrons. The fraction of sp³-hybridized carbons (Fsp3) is 0.143. The van der Waals surface area contributed by atoms with E-state index in [0.717, 1.165) is 5.69 Å². The van der Waals surface area contributed by atoms with E-state index in [2.05, 4.69) is 11.1 Å². The van der Waals surface area contributed by atoms with Gasteiger partial charge in [-0.05, 0) is 24.3 Å². The molecule has 19 heavy (non-hydrogen) atoms. The zero-order valence-electron chi connectivity index (χ0n) is 10.5. The molecular formula is C14H13ClN4. The summed E-state index contributed by atoms with van der Waals surface area (Å²) in [4.78, 5) is 6.14. The summed E-state index contributed by atoms with van der Waals surface area (Å²) >= 11 is 6.09. The van der Waals surface area contributed by atoms with Gasteiger partial charge in [0.15, 0.2) is 0 Å². The first-order valence-corrected chi connectivity index (χ1v) is 6.11. The van der Waals surface area contributed by atoms with Gasteiger partial charge in [-0.15, -0.1) is 0 Å². The van der Waals surface area contributed by atoms with E-state index in [1.54, 1.807) is 18.2 Å². The van der Waals surface area contributed by atoms with Crippen LogP contribution < -0.4 is 10.6 Å². The van der Waals surface area contributed by atoms with E-state index in [1.807, 2.05) is 30.1 Å². The van der Waals surface area contributed by atoms with Crippen molar-refractivity contribution in [2.24, 2.45) is 0 Å². The van der Waals surface area contributed by atoms with E-state index < -0.39 is 0 Å². The number of nitrogens with zero attached hydrogens (tertiary/aromatic N) is 3. The molecule has 4 nitrogen and oxygen atoms in total. The molecule has 0 aliphatic heterocycles. The molecular weight excluding hydrogens is 260 g/mol. The summed E-state index contributed by atoms with van der Waals surface area (Å²) in [6, 6.07) is 12.9. The lowest BCUT2D eigenvalue weighted by atomic mass is 10.1. The summed E-state index contributed by atoms with van der Waals surface area (Å²) in [5, 5.41) is 9.66. The van der Waals surface area contributed by atoms with Crippen LogP contribution in [0.1, 0.15) is 11.3 Å². The zero-order valence-corrected chi connectivity index (χ0v) is 11.2. The third-order valence-electron chi connectivity index (χ3n) is 2.76. The summed E-state index contributed by atoms with van der Waals surface area (Å²) in [6.07, 6.45) is 0. The summed E-state index contributed by atoms with van der Waals surface area (Å²) in [5.74, 6) is 0.432. The number of nitriles is 1. The van der Waals surface area contributed by atoms with E-state index in [-0.39, 0.29) is 0 Å². The highest BCUT2D eigenvalue weighted by molar-refractivity contribution is 6.31. The van der Waals surface area contributed by atoms with Crippen molar-refractivity contribution in [1.82, 2.24) is 4.98 Å². The van der Waals surface area contributed by atoms with Gasteiger partial charge in [-0.1, -0.05) is 23.7 Å². The van der Waals surface area contributed by atoms with Crippen LogP contribution in [0.3, 0.4) is 0 Å². The van der Waals surface area contributed by atoms with Crippen molar-refractivity contribution in [3.8, 4) is 6.07 Å². The van der Waals surface area contributed by atoms with E-state index in [1.165, 1.54) is 0 Å². The van der Waals surface area contributed by atoms with Crippen molar-refractivity contribution in [3.05, 3.63) is 52.7 Å². The number of pyridine rings is 1. The Bertz CT molecular complexity index is 634. The van der Waals surface area contributed by atoms with Crippen molar-refractivity contribution in [2.75, 3.05) is 17.7 Å². The zero-order chi connectivity index (χ0) is 13.8. The van der Waals surface area contributed by atoms with Crippen LogP contribution in [0.15, 0.2) is 36.4 Å². The molecule has 0 saturated carbocycles. The van der Waals surface area contributed by atoms with E-state index in [4.69, 9.17) is 22.6 Å². The maximum absolute atomic E-state index is 9.09. The van der Waals surface area contributed by atoms with Gasteiger partial charge in [0.25, 0.3) is 0 Å². The highest BCUT2D eigenvalue weighted by Crippen LogP contribution is 2.22. The molecule has 0 atom stereocenters. The fourth-order valence-corrected chi connectivity index (χ4v) is 1.99. The highest BCUT2D eigenvalue weighted by Gasteiger charge is 2.10. The molecule has 2 rings (SSSR count). The molecule has 0 bridgehead atoms. The third kappa shape index (κ3) is 2.95. The van der Waals surface area contributed by atoms with Crippen molar-refractivity contribution in [2.45, 2.75) is 6.54 Å². The first-order chi connectivity index (χ1) is 9.11. The van der Waals surface area contributed by atoms with E-state index in [9.17, 15) is 0 Å². The summed E-state index contributed by atoms with van der Waals surface area (Å²) in [5.41, 5.74) is 7.80. The quantitative estimate of drug-likeness (QED) is 0.933. The molecule has 0 aliphatic carbocycles. The van der Waals surface area contributed by atoms with Crippen molar-refractivity contribution < 1.29 is 0 Å². The van der Waals surface area contributed by atoms with Crippen molar-refractivity contribution >= 4 is 23.1 Å². The number of halogens is 1. The minimum Gasteiger partial charge on any atom is -0.384 e. The molecule has 5 heteroatoms. The number of nitrogens with two attached hydrogens (primary N) is 1. The van der Waals surface area contributed by atoms with E-state index in [0.29, 0.717) is 28.6 Å². The van der Waals surface area contributed by atoms with Crippen LogP contribution in [-0.2, 0) is 6.54 Å². The second-order valence-electron chi connectivity index (χ2n) is 4.15. The Kier molecular flexibility index (Phi) is 3.88. The maximum Gasteiger partial charge on any atom is 0.123 e. The molecule has 0 saturated heterocycles. The van der Waals surface area contributed by atoms with Gasteiger partial charge >= 0.3 is 0 Å². The number of para-hydroxylation sites is 1. The smallest absolute Gasteiger partial charge is 0.123 e. The maximum atomic E-state index is 9.09. The first kappa shape index (κ1) is 13.2. The number of anilines is 2. The lowest BCUT2D eigenvalue weighted by molar-refractivity contribution is 0.886. The molecule has 1 aromatic carbocycles. The van der Waals surface area contributed by atoms with Crippen LogP contribution in [0.4, 0.5) is 11.5 Å². The fourth-order valence-electron chi connectivity index (χ4n) is 1.82. The van der Waals surface area contributed by atoms with Crippen molar-refractivity contribution in [1.29, 1.82) is 5.26 Å². The molecule has 2 N–H and O–H groups in total. The topological polar surface area (TPSA) is 65.9 Å². The molecule has 0 aliphatic rings. The lowest BCUT2D eigenvalue weighted by Crippen LogP contribution is -2.19. The minimum absolute atomic E-state index is 0.432. The monoisotopic (exact) mass is 272 g/mol. The molecule has 96 valence electrons. The van der Waals surface area contributed by atoms with Crippen LogP contribution in [0.2, 0.25) is 5.02 Å². The Balaban J connectivity index is 2.28. The molecule has 1 aromatic heterocycles. The van der Waals surface area contributed by atoms with Gasteiger partial charge in [0.05, 0.1) is 28.5 Å². The van der Waals surface area contributed by atoms with Crippen LogP contribution >= 0.6 is 11.6 Å². The molecule has 0 spiro atoms.